The maximum atomic E-state index is 12.2. The number of unbranched alkanes of at least 4 members (excludes halogenated alkanes) is 1. The Bertz CT molecular complexity index is 853. The van der Waals surface area contributed by atoms with Crippen molar-refractivity contribution in [3.05, 3.63) is 51.5 Å². The van der Waals surface area contributed by atoms with Crippen LogP contribution in [0.4, 0.5) is 4.79 Å². The van der Waals surface area contributed by atoms with Crippen molar-refractivity contribution in [1.82, 2.24) is 15.2 Å². The van der Waals surface area contributed by atoms with Gasteiger partial charge in [0.2, 0.25) is 0 Å². The van der Waals surface area contributed by atoms with E-state index >= 15 is 0 Å². The zero-order chi connectivity index (χ0) is 21.5. The van der Waals surface area contributed by atoms with Crippen LogP contribution in [0.5, 0.6) is 0 Å². The number of rotatable bonds is 9. The molecule has 2 unspecified atom stereocenters. The van der Waals surface area contributed by atoms with Gasteiger partial charge in [0, 0.05) is 23.9 Å². The van der Waals surface area contributed by atoms with Crippen LogP contribution < -0.4 is 5.32 Å². The van der Waals surface area contributed by atoms with E-state index in [0.717, 1.165) is 58.0 Å². The summed E-state index contributed by atoms with van der Waals surface area (Å²) in [5, 5.41) is 2.96. The predicted octanol–water partition coefficient (Wildman–Crippen LogP) is 4.78. The van der Waals surface area contributed by atoms with Crippen LogP contribution >= 0.6 is 11.3 Å². The minimum Gasteiger partial charge on any atom is -0.446 e. The molecule has 1 heterocycles. The average molecular weight is 442 g/mol. The van der Waals surface area contributed by atoms with Crippen molar-refractivity contribution >= 4 is 17.4 Å². The minimum absolute atomic E-state index is 0.00196. The maximum Gasteiger partial charge on any atom is 0.407 e. The van der Waals surface area contributed by atoms with Crippen molar-refractivity contribution in [3.8, 4) is 0 Å². The molecule has 0 fully saturated rings. The highest BCUT2D eigenvalue weighted by molar-refractivity contribution is 7.09. The number of carbonyl (C=O) groups is 1. The van der Waals surface area contributed by atoms with Gasteiger partial charge in [0.25, 0.3) is 0 Å². The number of aromatic nitrogens is 1. The Labute approximate surface area is 190 Å². The fraction of sp³-hybridized carbons (Fsp3) is 0.600. The third kappa shape index (κ3) is 6.07. The largest absolute Gasteiger partial charge is 0.446 e. The molecule has 5 nitrogen and oxygen atoms in total. The molecule has 1 aromatic carbocycles. The SMILES string of the molecule is CCCN(CCCCNC(=O)OC1CCc2ccccc2C1)C1CCc2ncsc2C1. The van der Waals surface area contributed by atoms with Crippen LogP contribution in [0.1, 0.15) is 60.7 Å². The number of ether oxygens (including phenoxy) is 1. The summed E-state index contributed by atoms with van der Waals surface area (Å²) in [6, 6.07) is 9.11. The molecule has 1 N–H and O–H groups in total. The van der Waals surface area contributed by atoms with Crippen LogP contribution in [-0.2, 0) is 30.4 Å². The van der Waals surface area contributed by atoms with Crippen molar-refractivity contribution in [2.24, 2.45) is 0 Å². The number of hydrogen-bond donors (Lipinski definition) is 1. The highest BCUT2D eigenvalue weighted by atomic mass is 32.1. The number of nitrogens with zero attached hydrogens (tertiary/aromatic N) is 2. The van der Waals surface area contributed by atoms with E-state index in [1.165, 1.54) is 34.5 Å². The molecule has 2 aliphatic rings. The van der Waals surface area contributed by atoms with Crippen molar-refractivity contribution in [3.63, 3.8) is 0 Å². The van der Waals surface area contributed by atoms with Gasteiger partial charge < -0.3 is 15.0 Å². The number of carbonyl (C=O) groups excluding carboxylic acids is 1. The summed E-state index contributed by atoms with van der Waals surface area (Å²) in [4.78, 5) is 20.8. The van der Waals surface area contributed by atoms with Gasteiger partial charge in [-0.25, -0.2) is 9.78 Å². The summed E-state index contributed by atoms with van der Waals surface area (Å²) in [5.41, 5.74) is 6.02. The standard InChI is InChI=1S/C25H35N3O2S/c1-2-14-28(21-10-12-23-24(17-21)31-18-27-23)15-6-5-13-26-25(29)30-22-11-9-19-7-3-4-8-20(19)16-22/h3-4,7-8,18,21-22H,2,5-6,9-17H2,1H3,(H,26,29). The van der Waals surface area contributed by atoms with Crippen LogP contribution in [-0.4, -0.2) is 47.8 Å². The van der Waals surface area contributed by atoms with Gasteiger partial charge in [0.1, 0.15) is 6.10 Å². The molecule has 0 radical (unpaired) electrons. The van der Waals surface area contributed by atoms with Crippen molar-refractivity contribution in [2.75, 3.05) is 19.6 Å². The van der Waals surface area contributed by atoms with Gasteiger partial charge >= 0.3 is 6.09 Å². The molecular formula is C25H35N3O2S. The summed E-state index contributed by atoms with van der Waals surface area (Å²) in [6.07, 6.45) is 9.22. The lowest BCUT2D eigenvalue weighted by atomic mass is 9.90. The fourth-order valence-electron chi connectivity index (χ4n) is 4.95. The number of aryl methyl sites for hydroxylation is 2. The number of fused-ring (bicyclic) bond motifs is 2. The Morgan fingerprint density at radius 2 is 2.03 bits per heavy atom. The normalized spacial score (nSPS) is 20.2. The lowest BCUT2D eigenvalue weighted by molar-refractivity contribution is 0.0893. The van der Waals surface area contributed by atoms with E-state index < -0.39 is 0 Å². The van der Waals surface area contributed by atoms with E-state index in [2.05, 4.69) is 46.4 Å². The second-order valence-corrected chi connectivity index (χ2v) is 9.77. The Morgan fingerprint density at radius 3 is 2.90 bits per heavy atom. The first-order valence-electron chi connectivity index (χ1n) is 11.9. The Kier molecular flexibility index (Phi) is 7.97. The average Bonchev–Trinajstić information content (AvgIpc) is 3.26. The molecule has 0 saturated heterocycles. The molecule has 168 valence electrons. The van der Waals surface area contributed by atoms with Crippen LogP contribution in [0.25, 0.3) is 0 Å². The van der Waals surface area contributed by atoms with Crippen LogP contribution in [0.2, 0.25) is 0 Å². The number of nitrogens with one attached hydrogen (secondary N) is 1. The molecule has 0 spiro atoms. The molecule has 2 atom stereocenters. The van der Waals surface area contributed by atoms with Gasteiger partial charge in [-0.3, -0.25) is 0 Å². The first-order valence-corrected chi connectivity index (χ1v) is 12.8. The van der Waals surface area contributed by atoms with Crippen molar-refractivity contribution < 1.29 is 9.53 Å². The Hall–Kier alpha value is -1.92. The van der Waals surface area contributed by atoms with E-state index in [9.17, 15) is 4.79 Å². The van der Waals surface area contributed by atoms with E-state index in [4.69, 9.17) is 4.74 Å². The number of benzene rings is 1. The van der Waals surface area contributed by atoms with Crippen molar-refractivity contribution in [2.45, 2.75) is 76.9 Å². The molecule has 0 aliphatic heterocycles. The lowest BCUT2D eigenvalue weighted by Crippen LogP contribution is -2.40. The van der Waals surface area contributed by atoms with E-state index in [-0.39, 0.29) is 12.2 Å². The highest BCUT2D eigenvalue weighted by Crippen LogP contribution is 2.27. The first-order chi connectivity index (χ1) is 15.2. The Morgan fingerprint density at radius 1 is 1.16 bits per heavy atom. The molecule has 2 aliphatic carbocycles. The number of alkyl carbamates (subject to hydrolysis) is 1. The van der Waals surface area contributed by atoms with E-state index in [1.54, 1.807) is 0 Å². The molecular weight excluding hydrogens is 406 g/mol. The maximum absolute atomic E-state index is 12.2. The molecule has 2 aromatic rings. The van der Waals surface area contributed by atoms with Crippen LogP contribution in [0, 0.1) is 0 Å². The summed E-state index contributed by atoms with van der Waals surface area (Å²) < 4.78 is 5.67. The molecule has 0 saturated carbocycles. The van der Waals surface area contributed by atoms with Crippen LogP contribution in [0.3, 0.4) is 0 Å². The number of thiazole rings is 1. The van der Waals surface area contributed by atoms with Gasteiger partial charge in [0.15, 0.2) is 0 Å². The van der Waals surface area contributed by atoms with E-state index in [1.807, 2.05) is 16.8 Å². The summed E-state index contributed by atoms with van der Waals surface area (Å²) in [7, 11) is 0. The van der Waals surface area contributed by atoms with Gasteiger partial charge in [-0.15, -0.1) is 11.3 Å². The van der Waals surface area contributed by atoms with Crippen LogP contribution in [0.15, 0.2) is 29.8 Å². The second kappa shape index (κ2) is 11.1. The predicted molar refractivity (Wildman–Crippen MR) is 126 cm³/mol. The second-order valence-electron chi connectivity index (χ2n) is 8.83. The lowest BCUT2D eigenvalue weighted by Gasteiger charge is -2.33. The summed E-state index contributed by atoms with van der Waals surface area (Å²) >= 11 is 1.81. The van der Waals surface area contributed by atoms with Crippen molar-refractivity contribution in [1.29, 1.82) is 0 Å². The molecule has 6 heteroatoms. The van der Waals surface area contributed by atoms with Gasteiger partial charge in [-0.05, 0) is 75.6 Å². The third-order valence-corrected chi connectivity index (χ3v) is 7.50. The monoisotopic (exact) mass is 441 g/mol. The fourth-order valence-corrected chi connectivity index (χ4v) is 5.83. The third-order valence-electron chi connectivity index (χ3n) is 6.60. The minimum atomic E-state index is -0.264. The molecule has 4 rings (SSSR count). The number of hydrogen-bond acceptors (Lipinski definition) is 5. The molecule has 0 bridgehead atoms. The highest BCUT2D eigenvalue weighted by Gasteiger charge is 2.25. The van der Waals surface area contributed by atoms with E-state index in [0.29, 0.717) is 12.6 Å². The summed E-state index contributed by atoms with van der Waals surface area (Å²) in [6.45, 7) is 5.20. The quantitative estimate of drug-likeness (QED) is 0.569. The smallest absolute Gasteiger partial charge is 0.407 e. The zero-order valence-electron chi connectivity index (χ0n) is 18.6. The molecule has 1 amide bonds. The van der Waals surface area contributed by atoms with Gasteiger partial charge in [0.05, 0.1) is 11.2 Å². The first kappa shape index (κ1) is 22.3. The van der Waals surface area contributed by atoms with Gasteiger partial charge in [-0.1, -0.05) is 31.2 Å². The zero-order valence-corrected chi connectivity index (χ0v) is 19.5. The molecule has 1 aromatic heterocycles. The molecule has 31 heavy (non-hydrogen) atoms. The Balaban J connectivity index is 1.14. The topological polar surface area (TPSA) is 54.5 Å². The number of amides is 1. The summed E-state index contributed by atoms with van der Waals surface area (Å²) in [5.74, 6) is 0. The van der Waals surface area contributed by atoms with Gasteiger partial charge in [-0.2, -0.15) is 0 Å².